The van der Waals surface area contributed by atoms with Gasteiger partial charge in [0.15, 0.2) is 12.4 Å². The van der Waals surface area contributed by atoms with Gasteiger partial charge in [-0.3, -0.25) is 4.79 Å². The van der Waals surface area contributed by atoms with Crippen LogP contribution in [0.4, 0.5) is 0 Å². The van der Waals surface area contributed by atoms with Crippen LogP contribution in [0, 0.1) is 0 Å². The number of nitrogens with zero attached hydrogens (tertiary/aromatic N) is 3. The van der Waals surface area contributed by atoms with Crippen molar-refractivity contribution in [2.75, 3.05) is 13.1 Å². The Morgan fingerprint density at radius 2 is 1.96 bits per heavy atom. The second-order valence-electron chi connectivity index (χ2n) is 5.68. The van der Waals surface area contributed by atoms with Crippen molar-refractivity contribution in [1.29, 1.82) is 0 Å². The SMILES string of the molecule is O=C(c1ccn(COc2cccc(Cl)c2)n1)N1CCCCCC1. The van der Waals surface area contributed by atoms with Crippen LogP contribution in [-0.2, 0) is 6.73 Å². The Morgan fingerprint density at radius 3 is 2.70 bits per heavy atom. The number of carbonyl (C=O) groups is 1. The van der Waals surface area contributed by atoms with Gasteiger partial charge in [-0.2, -0.15) is 5.10 Å². The summed E-state index contributed by atoms with van der Waals surface area (Å²) in [6, 6.07) is 8.94. The molecule has 0 unspecified atom stereocenters. The number of aromatic nitrogens is 2. The van der Waals surface area contributed by atoms with Gasteiger partial charge in [-0.15, -0.1) is 0 Å². The summed E-state index contributed by atoms with van der Waals surface area (Å²) in [5.41, 5.74) is 0.474. The van der Waals surface area contributed by atoms with E-state index in [0.29, 0.717) is 16.5 Å². The van der Waals surface area contributed by atoms with Crippen LogP contribution in [0.5, 0.6) is 5.75 Å². The predicted octanol–water partition coefficient (Wildman–Crippen LogP) is 3.59. The fourth-order valence-corrected chi connectivity index (χ4v) is 2.86. The molecule has 1 aromatic carbocycles. The van der Waals surface area contributed by atoms with Gasteiger partial charge >= 0.3 is 0 Å². The zero-order valence-electron chi connectivity index (χ0n) is 12.9. The van der Waals surface area contributed by atoms with Crippen LogP contribution >= 0.6 is 11.6 Å². The summed E-state index contributed by atoms with van der Waals surface area (Å²) in [6.07, 6.45) is 6.31. The molecule has 1 fully saturated rings. The molecular weight excluding hydrogens is 314 g/mol. The van der Waals surface area contributed by atoms with E-state index in [1.54, 1.807) is 29.1 Å². The van der Waals surface area contributed by atoms with Gasteiger partial charge < -0.3 is 9.64 Å². The van der Waals surface area contributed by atoms with Crippen LogP contribution in [0.2, 0.25) is 5.02 Å². The van der Waals surface area contributed by atoms with Gasteiger partial charge in [-0.25, -0.2) is 4.68 Å². The van der Waals surface area contributed by atoms with Crippen LogP contribution in [0.25, 0.3) is 0 Å². The molecule has 0 atom stereocenters. The zero-order valence-corrected chi connectivity index (χ0v) is 13.7. The third kappa shape index (κ3) is 4.26. The van der Waals surface area contributed by atoms with Gasteiger partial charge in [0, 0.05) is 24.3 Å². The second kappa shape index (κ2) is 7.51. The fourth-order valence-electron chi connectivity index (χ4n) is 2.68. The summed E-state index contributed by atoms with van der Waals surface area (Å²) in [5.74, 6) is 0.682. The average molecular weight is 334 g/mol. The smallest absolute Gasteiger partial charge is 0.274 e. The summed E-state index contributed by atoms with van der Waals surface area (Å²) >= 11 is 5.92. The molecule has 6 heteroatoms. The molecule has 1 aliphatic rings. The first-order valence-corrected chi connectivity index (χ1v) is 8.31. The summed E-state index contributed by atoms with van der Waals surface area (Å²) < 4.78 is 7.24. The van der Waals surface area contributed by atoms with Gasteiger partial charge in [0.05, 0.1) is 0 Å². The molecule has 0 bridgehead atoms. The monoisotopic (exact) mass is 333 g/mol. The topological polar surface area (TPSA) is 47.4 Å². The zero-order chi connectivity index (χ0) is 16.1. The largest absolute Gasteiger partial charge is 0.471 e. The number of hydrogen-bond donors (Lipinski definition) is 0. The quantitative estimate of drug-likeness (QED) is 0.859. The van der Waals surface area contributed by atoms with Crippen molar-refractivity contribution in [3.63, 3.8) is 0 Å². The minimum atomic E-state index is 0.00778. The Kier molecular flexibility index (Phi) is 5.18. The van der Waals surface area contributed by atoms with E-state index in [9.17, 15) is 4.79 Å². The number of rotatable bonds is 4. The predicted molar refractivity (Wildman–Crippen MR) is 88.7 cm³/mol. The standard InChI is InChI=1S/C17H20ClN3O2/c18-14-6-5-7-15(12-14)23-13-21-11-8-16(19-21)17(22)20-9-3-1-2-4-10-20/h5-8,11-12H,1-4,9-10,13H2. The highest BCUT2D eigenvalue weighted by Crippen LogP contribution is 2.17. The summed E-state index contributed by atoms with van der Waals surface area (Å²) in [6.45, 7) is 1.89. The lowest BCUT2D eigenvalue weighted by Gasteiger charge is -2.18. The van der Waals surface area contributed by atoms with E-state index in [1.807, 2.05) is 17.0 Å². The van der Waals surface area contributed by atoms with Gasteiger partial charge in [0.25, 0.3) is 5.91 Å². The highest BCUT2D eigenvalue weighted by molar-refractivity contribution is 6.30. The van der Waals surface area contributed by atoms with Crippen molar-refractivity contribution >= 4 is 17.5 Å². The van der Waals surface area contributed by atoms with Crippen molar-refractivity contribution in [3.8, 4) is 5.75 Å². The number of benzene rings is 1. The van der Waals surface area contributed by atoms with Crippen molar-refractivity contribution in [2.24, 2.45) is 0 Å². The minimum absolute atomic E-state index is 0.00778. The third-order valence-electron chi connectivity index (χ3n) is 3.91. The van der Waals surface area contributed by atoms with Crippen LogP contribution < -0.4 is 4.74 Å². The van der Waals surface area contributed by atoms with E-state index in [1.165, 1.54) is 12.8 Å². The maximum absolute atomic E-state index is 12.5. The third-order valence-corrected chi connectivity index (χ3v) is 4.15. The molecule has 1 aliphatic heterocycles. The normalized spacial score (nSPS) is 15.3. The molecule has 0 aliphatic carbocycles. The molecule has 1 saturated heterocycles. The van der Waals surface area contributed by atoms with Crippen LogP contribution in [0.15, 0.2) is 36.5 Å². The maximum atomic E-state index is 12.5. The Bertz CT molecular complexity index is 663. The lowest BCUT2D eigenvalue weighted by molar-refractivity contribution is 0.0753. The molecular formula is C17H20ClN3O2. The molecule has 0 radical (unpaired) electrons. The average Bonchev–Trinajstić information content (AvgIpc) is 2.86. The number of ether oxygens (including phenoxy) is 1. The first-order chi connectivity index (χ1) is 11.2. The van der Waals surface area contributed by atoms with E-state index in [4.69, 9.17) is 16.3 Å². The van der Waals surface area contributed by atoms with Crippen molar-refractivity contribution < 1.29 is 9.53 Å². The highest BCUT2D eigenvalue weighted by atomic mass is 35.5. The fraction of sp³-hybridized carbons (Fsp3) is 0.412. The van der Waals surface area contributed by atoms with Crippen LogP contribution in [0.3, 0.4) is 0 Å². The summed E-state index contributed by atoms with van der Waals surface area (Å²) in [4.78, 5) is 14.4. The maximum Gasteiger partial charge on any atom is 0.274 e. The Hall–Kier alpha value is -2.01. The molecule has 1 aromatic heterocycles. The van der Waals surface area contributed by atoms with Gasteiger partial charge in [0.1, 0.15) is 5.75 Å². The Morgan fingerprint density at radius 1 is 1.17 bits per heavy atom. The molecule has 3 rings (SSSR count). The molecule has 23 heavy (non-hydrogen) atoms. The molecule has 2 aromatic rings. The number of likely N-dealkylation sites (tertiary alicyclic amines) is 1. The van der Waals surface area contributed by atoms with Crippen LogP contribution in [-0.4, -0.2) is 33.7 Å². The summed E-state index contributed by atoms with van der Waals surface area (Å²) in [7, 11) is 0. The minimum Gasteiger partial charge on any atom is -0.471 e. The van der Waals surface area contributed by atoms with Gasteiger partial charge in [0.2, 0.25) is 0 Å². The van der Waals surface area contributed by atoms with Crippen molar-refractivity contribution in [2.45, 2.75) is 32.4 Å². The van der Waals surface area contributed by atoms with E-state index < -0.39 is 0 Å². The van der Waals surface area contributed by atoms with E-state index in [0.717, 1.165) is 25.9 Å². The van der Waals surface area contributed by atoms with E-state index >= 15 is 0 Å². The van der Waals surface area contributed by atoms with Gasteiger partial charge in [-0.05, 0) is 37.1 Å². The van der Waals surface area contributed by atoms with Crippen molar-refractivity contribution in [3.05, 3.63) is 47.2 Å². The van der Waals surface area contributed by atoms with Crippen molar-refractivity contribution in [1.82, 2.24) is 14.7 Å². The van der Waals surface area contributed by atoms with E-state index in [-0.39, 0.29) is 12.6 Å². The molecule has 0 N–H and O–H groups in total. The molecule has 2 heterocycles. The number of amides is 1. The number of halogens is 1. The summed E-state index contributed by atoms with van der Waals surface area (Å²) in [5, 5.41) is 4.95. The number of hydrogen-bond acceptors (Lipinski definition) is 3. The number of carbonyl (C=O) groups excluding carboxylic acids is 1. The van der Waals surface area contributed by atoms with Gasteiger partial charge in [-0.1, -0.05) is 30.5 Å². The lowest BCUT2D eigenvalue weighted by atomic mass is 10.2. The molecule has 0 saturated carbocycles. The second-order valence-corrected chi connectivity index (χ2v) is 6.11. The first kappa shape index (κ1) is 15.9. The first-order valence-electron chi connectivity index (χ1n) is 7.93. The Labute approximate surface area is 140 Å². The molecule has 0 spiro atoms. The Balaban J connectivity index is 1.60. The highest BCUT2D eigenvalue weighted by Gasteiger charge is 2.19. The molecule has 5 nitrogen and oxygen atoms in total. The van der Waals surface area contributed by atoms with Crippen LogP contribution in [0.1, 0.15) is 36.2 Å². The molecule has 122 valence electrons. The molecule has 1 amide bonds. The van der Waals surface area contributed by atoms with E-state index in [2.05, 4.69) is 5.10 Å². The lowest BCUT2D eigenvalue weighted by Crippen LogP contribution is -2.32.